The number of benzene rings is 1. The Balaban J connectivity index is 2.60. The van der Waals surface area contributed by atoms with Crippen molar-refractivity contribution in [1.29, 1.82) is 0 Å². The number of hydrogen-bond acceptors (Lipinski definition) is 3. The summed E-state index contributed by atoms with van der Waals surface area (Å²) in [6, 6.07) is 5.42. The van der Waals surface area contributed by atoms with Crippen molar-refractivity contribution >= 4 is 21.9 Å². The minimum absolute atomic E-state index is 0.0236. The van der Waals surface area contributed by atoms with E-state index in [-0.39, 0.29) is 5.69 Å². The molecule has 0 amide bonds. The van der Waals surface area contributed by atoms with E-state index in [1.54, 1.807) is 24.9 Å². The molecule has 1 aromatic carbocycles. The highest BCUT2D eigenvalue weighted by molar-refractivity contribution is 9.10. The Labute approximate surface area is 131 Å². The molecule has 0 spiro atoms. The third-order valence-electron chi connectivity index (χ3n) is 3.28. The number of carbonyl (C=O) groups is 1. The van der Waals surface area contributed by atoms with Crippen LogP contribution in [0.25, 0.3) is 11.3 Å². The summed E-state index contributed by atoms with van der Waals surface area (Å²) < 4.78 is 7.96. The zero-order valence-electron chi connectivity index (χ0n) is 12.3. The monoisotopic (exact) mass is 352 g/mol. The first kappa shape index (κ1) is 15.6. The molecule has 0 aliphatic heterocycles. The van der Waals surface area contributed by atoms with Crippen LogP contribution >= 0.6 is 15.9 Å². The second-order valence-electron chi connectivity index (χ2n) is 5.07. The molecule has 21 heavy (non-hydrogen) atoms. The van der Waals surface area contributed by atoms with E-state index < -0.39 is 5.97 Å². The fraction of sp³-hybridized carbons (Fsp3) is 0.333. The van der Waals surface area contributed by atoms with Crippen LogP contribution in [0.3, 0.4) is 0 Å². The highest BCUT2D eigenvalue weighted by Gasteiger charge is 2.17. The number of hydrogen-bond donors (Lipinski definition) is 1. The lowest BCUT2D eigenvalue weighted by Crippen LogP contribution is -2.00. The molecule has 0 fully saturated rings. The number of carboxylic acid groups (broad SMARTS) is 1. The summed E-state index contributed by atoms with van der Waals surface area (Å²) in [7, 11) is 3.35. The standard InChI is InChI=1S/C15H17BrN2O3/c1-8(2)14-10(16)5-9(6-13(14)21-4)12-7-11(15(19)20)17-18(12)3/h5-8H,1-4H3,(H,19,20). The average Bonchev–Trinajstić information content (AvgIpc) is 2.79. The van der Waals surface area contributed by atoms with Gasteiger partial charge in [-0.3, -0.25) is 4.68 Å². The molecule has 0 radical (unpaired) electrons. The van der Waals surface area contributed by atoms with Crippen LogP contribution in [0, 0.1) is 0 Å². The maximum absolute atomic E-state index is 11.0. The predicted molar refractivity (Wildman–Crippen MR) is 83.9 cm³/mol. The molecule has 0 atom stereocenters. The summed E-state index contributed by atoms with van der Waals surface area (Å²) in [5.74, 6) is 0.0404. The third-order valence-corrected chi connectivity index (χ3v) is 3.94. The van der Waals surface area contributed by atoms with E-state index in [0.29, 0.717) is 5.92 Å². The fourth-order valence-corrected chi connectivity index (χ4v) is 3.21. The van der Waals surface area contributed by atoms with E-state index in [1.807, 2.05) is 12.1 Å². The summed E-state index contributed by atoms with van der Waals surface area (Å²) in [4.78, 5) is 11.0. The van der Waals surface area contributed by atoms with Gasteiger partial charge in [0, 0.05) is 22.6 Å². The van der Waals surface area contributed by atoms with Crippen molar-refractivity contribution in [3.8, 4) is 17.0 Å². The van der Waals surface area contributed by atoms with Gasteiger partial charge >= 0.3 is 5.97 Å². The van der Waals surface area contributed by atoms with Gasteiger partial charge in [0.2, 0.25) is 0 Å². The number of aromatic carboxylic acids is 1. The molecule has 1 N–H and O–H groups in total. The summed E-state index contributed by atoms with van der Waals surface area (Å²) in [5, 5.41) is 13.0. The maximum Gasteiger partial charge on any atom is 0.356 e. The number of nitrogens with zero attached hydrogens (tertiary/aromatic N) is 2. The number of aryl methyl sites for hydroxylation is 1. The predicted octanol–water partition coefficient (Wildman–Crippen LogP) is 3.68. The molecule has 0 unspecified atom stereocenters. The second-order valence-corrected chi connectivity index (χ2v) is 5.93. The van der Waals surface area contributed by atoms with Gasteiger partial charge in [0.1, 0.15) is 5.75 Å². The van der Waals surface area contributed by atoms with Crippen molar-refractivity contribution in [2.45, 2.75) is 19.8 Å². The first-order valence-electron chi connectivity index (χ1n) is 6.50. The maximum atomic E-state index is 11.0. The Kier molecular flexibility index (Phi) is 4.37. The molecule has 0 aliphatic carbocycles. The minimum atomic E-state index is -1.04. The van der Waals surface area contributed by atoms with Gasteiger partial charge in [-0.1, -0.05) is 29.8 Å². The number of carboxylic acids is 1. The van der Waals surface area contributed by atoms with Crippen LogP contribution in [0.5, 0.6) is 5.75 Å². The lowest BCUT2D eigenvalue weighted by atomic mass is 9.99. The molecule has 2 aromatic rings. The Hall–Kier alpha value is -1.82. The van der Waals surface area contributed by atoms with E-state index in [4.69, 9.17) is 9.84 Å². The summed E-state index contributed by atoms with van der Waals surface area (Å²) in [5.41, 5.74) is 2.68. The number of ether oxygens (including phenoxy) is 1. The Morgan fingerprint density at radius 3 is 2.52 bits per heavy atom. The van der Waals surface area contributed by atoms with E-state index in [9.17, 15) is 4.79 Å². The van der Waals surface area contributed by atoms with Crippen molar-refractivity contribution < 1.29 is 14.6 Å². The first-order valence-corrected chi connectivity index (χ1v) is 7.29. The van der Waals surface area contributed by atoms with Gasteiger partial charge in [-0.25, -0.2) is 4.79 Å². The van der Waals surface area contributed by atoms with Crippen LogP contribution in [0.4, 0.5) is 0 Å². The molecular weight excluding hydrogens is 336 g/mol. The van der Waals surface area contributed by atoms with Crippen LogP contribution < -0.4 is 4.74 Å². The number of aromatic nitrogens is 2. The first-order chi connectivity index (χ1) is 9.85. The van der Waals surface area contributed by atoms with E-state index in [1.165, 1.54) is 0 Å². The quantitative estimate of drug-likeness (QED) is 0.911. The van der Waals surface area contributed by atoms with Crippen molar-refractivity contribution in [1.82, 2.24) is 9.78 Å². The summed E-state index contributed by atoms with van der Waals surface area (Å²) in [6.45, 7) is 4.18. The molecule has 112 valence electrons. The third kappa shape index (κ3) is 2.95. The Bertz CT molecular complexity index is 692. The highest BCUT2D eigenvalue weighted by atomic mass is 79.9. The number of rotatable bonds is 4. The largest absolute Gasteiger partial charge is 0.496 e. The summed E-state index contributed by atoms with van der Waals surface area (Å²) >= 11 is 3.57. The van der Waals surface area contributed by atoms with E-state index in [0.717, 1.165) is 27.0 Å². The van der Waals surface area contributed by atoms with Gasteiger partial charge in [0.05, 0.1) is 12.8 Å². The number of halogens is 1. The summed E-state index contributed by atoms with van der Waals surface area (Å²) in [6.07, 6.45) is 0. The van der Waals surface area contributed by atoms with Gasteiger partial charge in [0.15, 0.2) is 5.69 Å². The van der Waals surface area contributed by atoms with Crippen LogP contribution in [0.15, 0.2) is 22.7 Å². The lowest BCUT2D eigenvalue weighted by molar-refractivity contribution is 0.0689. The fourth-order valence-electron chi connectivity index (χ4n) is 2.31. The molecule has 1 heterocycles. The van der Waals surface area contributed by atoms with Crippen molar-refractivity contribution in [2.75, 3.05) is 7.11 Å². The van der Waals surface area contributed by atoms with Crippen molar-refractivity contribution in [3.05, 3.63) is 33.9 Å². The molecule has 0 saturated carbocycles. The van der Waals surface area contributed by atoms with Crippen LogP contribution in [0.2, 0.25) is 0 Å². The van der Waals surface area contributed by atoms with Crippen molar-refractivity contribution in [2.24, 2.45) is 7.05 Å². The van der Waals surface area contributed by atoms with Gasteiger partial charge < -0.3 is 9.84 Å². The molecular formula is C15H17BrN2O3. The topological polar surface area (TPSA) is 64.3 Å². The zero-order chi connectivity index (χ0) is 15.7. The van der Waals surface area contributed by atoms with E-state index in [2.05, 4.69) is 34.9 Å². The van der Waals surface area contributed by atoms with Crippen LogP contribution in [-0.4, -0.2) is 28.0 Å². The minimum Gasteiger partial charge on any atom is -0.496 e. The SMILES string of the molecule is COc1cc(-c2cc(C(=O)O)nn2C)cc(Br)c1C(C)C. The smallest absolute Gasteiger partial charge is 0.356 e. The van der Waals surface area contributed by atoms with Gasteiger partial charge in [-0.05, 0) is 24.1 Å². The van der Waals surface area contributed by atoms with E-state index >= 15 is 0 Å². The Morgan fingerprint density at radius 1 is 1.38 bits per heavy atom. The molecule has 2 rings (SSSR count). The van der Waals surface area contributed by atoms with Crippen LogP contribution in [-0.2, 0) is 7.05 Å². The average molecular weight is 353 g/mol. The molecule has 0 saturated heterocycles. The molecule has 0 aliphatic rings. The second kappa shape index (κ2) is 5.89. The lowest BCUT2D eigenvalue weighted by Gasteiger charge is -2.16. The van der Waals surface area contributed by atoms with Gasteiger partial charge in [-0.15, -0.1) is 0 Å². The van der Waals surface area contributed by atoms with Crippen molar-refractivity contribution in [3.63, 3.8) is 0 Å². The van der Waals surface area contributed by atoms with Gasteiger partial charge in [-0.2, -0.15) is 5.10 Å². The highest BCUT2D eigenvalue weighted by Crippen LogP contribution is 2.37. The molecule has 6 heteroatoms. The normalized spacial score (nSPS) is 11.0. The molecule has 5 nitrogen and oxygen atoms in total. The Morgan fingerprint density at radius 2 is 2.05 bits per heavy atom. The van der Waals surface area contributed by atoms with Gasteiger partial charge in [0.25, 0.3) is 0 Å². The molecule has 1 aromatic heterocycles. The zero-order valence-corrected chi connectivity index (χ0v) is 13.9. The van der Waals surface area contributed by atoms with Crippen LogP contribution in [0.1, 0.15) is 35.8 Å². The molecule has 0 bridgehead atoms. The number of methoxy groups -OCH3 is 1.